The van der Waals surface area contributed by atoms with Crippen LogP contribution in [0.3, 0.4) is 0 Å². The summed E-state index contributed by atoms with van der Waals surface area (Å²) in [4.78, 5) is 4.51. The van der Waals surface area contributed by atoms with Crippen LogP contribution in [0, 0.1) is 0 Å². The quantitative estimate of drug-likeness (QED) is 0.875. The highest BCUT2D eigenvalue weighted by Gasteiger charge is 2.18. The lowest BCUT2D eigenvalue weighted by molar-refractivity contribution is 0.261. The van der Waals surface area contributed by atoms with E-state index in [0.717, 1.165) is 44.8 Å². The number of anilines is 1. The van der Waals surface area contributed by atoms with Crippen LogP contribution in [-0.2, 0) is 0 Å². The lowest BCUT2D eigenvalue weighted by Crippen LogP contribution is -2.39. The summed E-state index contributed by atoms with van der Waals surface area (Å²) in [5.41, 5.74) is 7.17. The zero-order valence-electron chi connectivity index (χ0n) is 12.0. The number of hydrogen-bond acceptors (Lipinski definition) is 4. The van der Waals surface area contributed by atoms with Gasteiger partial charge in [-0.05, 0) is 39.1 Å². The summed E-state index contributed by atoms with van der Waals surface area (Å²) >= 11 is 0. The second kappa shape index (κ2) is 6.78. The zero-order valence-corrected chi connectivity index (χ0v) is 12.0. The highest BCUT2D eigenvalue weighted by Crippen LogP contribution is 2.29. The number of benzene rings is 1. The Hall–Kier alpha value is -1.26. The predicted octanol–water partition coefficient (Wildman–Crippen LogP) is 1.55. The summed E-state index contributed by atoms with van der Waals surface area (Å²) in [6, 6.07) is 8.66. The summed E-state index contributed by atoms with van der Waals surface area (Å²) in [6.07, 6.45) is 2.12. The molecule has 1 aromatic carbocycles. The molecule has 4 nitrogen and oxygen atoms in total. The molecule has 1 fully saturated rings. The Kier molecular flexibility index (Phi) is 5.05. The van der Waals surface area contributed by atoms with Gasteiger partial charge in [0.1, 0.15) is 12.4 Å². The van der Waals surface area contributed by atoms with E-state index in [1.54, 1.807) is 0 Å². The second-order valence-electron chi connectivity index (χ2n) is 5.44. The standard InChI is InChI=1S/C15H25N3O/c1-17(2)11-12-19-15-6-4-3-5-14(15)18-9-7-13(16)8-10-18/h3-6,13H,7-12,16H2,1-2H3. The van der Waals surface area contributed by atoms with Gasteiger partial charge in [-0.15, -0.1) is 0 Å². The summed E-state index contributed by atoms with van der Waals surface area (Å²) < 4.78 is 5.91. The van der Waals surface area contributed by atoms with Crippen molar-refractivity contribution in [2.45, 2.75) is 18.9 Å². The Morgan fingerprint density at radius 1 is 1.26 bits per heavy atom. The first-order chi connectivity index (χ1) is 9.16. The van der Waals surface area contributed by atoms with Crippen molar-refractivity contribution in [3.05, 3.63) is 24.3 Å². The Morgan fingerprint density at radius 3 is 2.63 bits per heavy atom. The van der Waals surface area contributed by atoms with Crippen LogP contribution in [-0.4, -0.2) is 51.3 Å². The molecule has 4 heteroatoms. The van der Waals surface area contributed by atoms with E-state index in [1.807, 2.05) is 6.07 Å². The molecule has 0 atom stereocenters. The highest BCUT2D eigenvalue weighted by molar-refractivity contribution is 5.58. The molecular weight excluding hydrogens is 238 g/mol. The van der Waals surface area contributed by atoms with Crippen LogP contribution in [0.15, 0.2) is 24.3 Å². The first kappa shape index (κ1) is 14.2. The van der Waals surface area contributed by atoms with E-state index in [2.05, 4.69) is 42.1 Å². The highest BCUT2D eigenvalue weighted by atomic mass is 16.5. The van der Waals surface area contributed by atoms with Crippen LogP contribution in [0.5, 0.6) is 5.75 Å². The van der Waals surface area contributed by atoms with Crippen molar-refractivity contribution in [1.29, 1.82) is 0 Å². The van der Waals surface area contributed by atoms with Gasteiger partial charge >= 0.3 is 0 Å². The molecule has 1 saturated heterocycles. The largest absolute Gasteiger partial charge is 0.490 e. The number of likely N-dealkylation sites (N-methyl/N-ethyl adjacent to an activating group) is 1. The van der Waals surface area contributed by atoms with Crippen molar-refractivity contribution in [2.24, 2.45) is 5.73 Å². The van der Waals surface area contributed by atoms with Gasteiger partial charge in [-0.1, -0.05) is 12.1 Å². The van der Waals surface area contributed by atoms with E-state index in [4.69, 9.17) is 10.5 Å². The van der Waals surface area contributed by atoms with Crippen molar-refractivity contribution in [3.63, 3.8) is 0 Å². The van der Waals surface area contributed by atoms with Gasteiger partial charge in [0.25, 0.3) is 0 Å². The third-order valence-electron chi connectivity index (χ3n) is 3.54. The van der Waals surface area contributed by atoms with Crippen LogP contribution >= 0.6 is 0 Å². The summed E-state index contributed by atoms with van der Waals surface area (Å²) in [5, 5.41) is 0. The normalized spacial score (nSPS) is 16.9. The van der Waals surface area contributed by atoms with Crippen LogP contribution in [0.4, 0.5) is 5.69 Å². The molecular formula is C15H25N3O. The number of ether oxygens (including phenoxy) is 1. The van der Waals surface area contributed by atoms with Gasteiger partial charge in [0.05, 0.1) is 5.69 Å². The maximum Gasteiger partial charge on any atom is 0.142 e. The van der Waals surface area contributed by atoms with Crippen LogP contribution in [0.25, 0.3) is 0 Å². The summed E-state index contributed by atoms with van der Waals surface area (Å²) in [7, 11) is 4.11. The Bertz CT molecular complexity index is 387. The first-order valence-electron chi connectivity index (χ1n) is 7.04. The van der Waals surface area contributed by atoms with Gasteiger partial charge in [-0.3, -0.25) is 0 Å². The van der Waals surface area contributed by atoms with Gasteiger partial charge in [0.15, 0.2) is 0 Å². The molecule has 1 heterocycles. The van der Waals surface area contributed by atoms with Crippen LogP contribution in [0.2, 0.25) is 0 Å². The number of nitrogens with zero attached hydrogens (tertiary/aromatic N) is 2. The number of piperidine rings is 1. The van der Waals surface area contributed by atoms with Crippen molar-refractivity contribution in [3.8, 4) is 5.75 Å². The molecule has 1 aliphatic rings. The minimum atomic E-state index is 0.359. The average Bonchev–Trinajstić information content (AvgIpc) is 2.40. The number of hydrogen-bond donors (Lipinski definition) is 1. The third-order valence-corrected chi connectivity index (χ3v) is 3.54. The molecule has 1 aliphatic heterocycles. The van der Waals surface area contributed by atoms with Gasteiger partial charge in [-0.2, -0.15) is 0 Å². The van der Waals surface area contributed by atoms with Gasteiger partial charge in [0, 0.05) is 25.7 Å². The molecule has 0 spiro atoms. The maximum atomic E-state index is 5.96. The van der Waals surface area contributed by atoms with Crippen LogP contribution in [0.1, 0.15) is 12.8 Å². The maximum absolute atomic E-state index is 5.96. The molecule has 106 valence electrons. The monoisotopic (exact) mass is 263 g/mol. The van der Waals surface area contributed by atoms with E-state index in [9.17, 15) is 0 Å². The SMILES string of the molecule is CN(C)CCOc1ccccc1N1CCC(N)CC1. The van der Waals surface area contributed by atoms with Crippen molar-refractivity contribution in [1.82, 2.24) is 4.90 Å². The number of rotatable bonds is 5. The minimum Gasteiger partial charge on any atom is -0.490 e. The van der Waals surface area contributed by atoms with Crippen molar-refractivity contribution in [2.75, 3.05) is 45.2 Å². The second-order valence-corrected chi connectivity index (χ2v) is 5.44. The Labute approximate surface area is 116 Å². The van der Waals surface area contributed by atoms with Crippen molar-refractivity contribution >= 4 is 5.69 Å². The molecule has 0 radical (unpaired) electrons. The number of para-hydroxylation sites is 2. The minimum absolute atomic E-state index is 0.359. The lowest BCUT2D eigenvalue weighted by Gasteiger charge is -2.33. The summed E-state index contributed by atoms with van der Waals surface area (Å²) in [5.74, 6) is 0.986. The summed E-state index contributed by atoms with van der Waals surface area (Å²) in [6.45, 7) is 3.70. The van der Waals surface area contributed by atoms with Crippen LogP contribution < -0.4 is 15.4 Å². The molecule has 0 aromatic heterocycles. The van der Waals surface area contributed by atoms with E-state index >= 15 is 0 Å². The van der Waals surface area contributed by atoms with Gasteiger partial charge < -0.3 is 20.3 Å². The fourth-order valence-corrected chi connectivity index (χ4v) is 2.32. The Morgan fingerprint density at radius 2 is 1.95 bits per heavy atom. The molecule has 1 aromatic rings. The first-order valence-corrected chi connectivity index (χ1v) is 7.04. The molecule has 0 unspecified atom stereocenters. The van der Waals surface area contributed by atoms with Gasteiger partial charge in [0.2, 0.25) is 0 Å². The third kappa shape index (κ3) is 4.11. The smallest absolute Gasteiger partial charge is 0.142 e. The lowest BCUT2D eigenvalue weighted by atomic mass is 10.1. The van der Waals surface area contributed by atoms with Crippen molar-refractivity contribution < 1.29 is 4.74 Å². The predicted molar refractivity (Wildman–Crippen MR) is 79.9 cm³/mol. The fraction of sp³-hybridized carbons (Fsp3) is 0.600. The zero-order chi connectivity index (χ0) is 13.7. The fourth-order valence-electron chi connectivity index (χ4n) is 2.32. The molecule has 2 rings (SSSR count). The Balaban J connectivity index is 1.99. The van der Waals surface area contributed by atoms with E-state index in [0.29, 0.717) is 6.04 Å². The molecule has 0 amide bonds. The van der Waals surface area contributed by atoms with E-state index in [-0.39, 0.29) is 0 Å². The molecule has 0 bridgehead atoms. The van der Waals surface area contributed by atoms with E-state index in [1.165, 1.54) is 5.69 Å². The van der Waals surface area contributed by atoms with E-state index < -0.39 is 0 Å². The number of nitrogens with two attached hydrogens (primary N) is 1. The molecule has 2 N–H and O–H groups in total. The van der Waals surface area contributed by atoms with Gasteiger partial charge in [-0.25, -0.2) is 0 Å². The molecule has 19 heavy (non-hydrogen) atoms. The topological polar surface area (TPSA) is 41.7 Å². The molecule has 0 saturated carbocycles. The average molecular weight is 263 g/mol. The molecule has 0 aliphatic carbocycles.